The molecular weight excluding hydrogens is 328 g/mol. The predicted octanol–water partition coefficient (Wildman–Crippen LogP) is 3.63. The van der Waals surface area contributed by atoms with Gasteiger partial charge in [-0.3, -0.25) is 4.79 Å². The quantitative estimate of drug-likeness (QED) is 0.527. The highest BCUT2D eigenvalue weighted by molar-refractivity contribution is 8.26. The Balaban J connectivity index is 1.82. The standard InChI is InChI=1S/C17H12N2O2S2/c20-14-9-5-4-8-13(14)11-18-19-16(21)15(23-17(19)22)10-12-6-2-1-3-7-12/h1-11,20H. The third kappa shape index (κ3) is 3.49. The van der Waals surface area contributed by atoms with Crippen molar-refractivity contribution in [2.24, 2.45) is 5.10 Å². The highest BCUT2D eigenvalue weighted by Crippen LogP contribution is 2.32. The largest absolute Gasteiger partial charge is 0.507 e. The molecule has 1 N–H and O–H groups in total. The summed E-state index contributed by atoms with van der Waals surface area (Å²) in [6.07, 6.45) is 3.21. The molecule has 4 nitrogen and oxygen atoms in total. The molecule has 23 heavy (non-hydrogen) atoms. The lowest BCUT2D eigenvalue weighted by atomic mass is 10.2. The number of hydrazone groups is 1. The summed E-state index contributed by atoms with van der Waals surface area (Å²) in [5, 5.41) is 15.0. The summed E-state index contributed by atoms with van der Waals surface area (Å²) in [5.41, 5.74) is 1.45. The topological polar surface area (TPSA) is 52.9 Å². The molecule has 6 heteroatoms. The van der Waals surface area contributed by atoms with Gasteiger partial charge in [0.25, 0.3) is 5.91 Å². The van der Waals surface area contributed by atoms with Crippen LogP contribution in [0.3, 0.4) is 0 Å². The van der Waals surface area contributed by atoms with E-state index in [2.05, 4.69) is 5.10 Å². The highest BCUT2D eigenvalue weighted by Gasteiger charge is 2.32. The number of hydrogen-bond donors (Lipinski definition) is 1. The Hall–Kier alpha value is -2.44. The van der Waals surface area contributed by atoms with Crippen molar-refractivity contribution in [2.45, 2.75) is 0 Å². The molecule has 1 aliphatic heterocycles. The fraction of sp³-hybridized carbons (Fsp3) is 0. The van der Waals surface area contributed by atoms with E-state index in [1.807, 2.05) is 30.3 Å². The monoisotopic (exact) mass is 340 g/mol. The van der Waals surface area contributed by atoms with Crippen molar-refractivity contribution in [3.63, 3.8) is 0 Å². The second-order valence-corrected chi connectivity index (χ2v) is 6.38. The van der Waals surface area contributed by atoms with Crippen molar-refractivity contribution in [1.29, 1.82) is 0 Å². The lowest BCUT2D eigenvalue weighted by Crippen LogP contribution is -2.22. The number of thiocarbonyl (C=S) groups is 1. The molecular formula is C17H12N2O2S2. The number of carbonyl (C=O) groups is 1. The zero-order chi connectivity index (χ0) is 16.2. The number of nitrogens with zero attached hydrogens (tertiary/aromatic N) is 2. The van der Waals surface area contributed by atoms with E-state index in [1.165, 1.54) is 23.0 Å². The number of aromatic hydroxyl groups is 1. The van der Waals surface area contributed by atoms with E-state index in [0.717, 1.165) is 5.56 Å². The van der Waals surface area contributed by atoms with Gasteiger partial charge in [-0.05, 0) is 36.0 Å². The van der Waals surface area contributed by atoms with E-state index < -0.39 is 0 Å². The molecule has 1 saturated heterocycles. The second kappa shape index (κ2) is 6.76. The first-order valence-corrected chi connectivity index (χ1v) is 8.02. The molecule has 0 bridgehead atoms. The maximum Gasteiger partial charge on any atom is 0.286 e. The normalized spacial score (nSPS) is 16.7. The van der Waals surface area contributed by atoms with E-state index in [-0.39, 0.29) is 11.7 Å². The smallest absolute Gasteiger partial charge is 0.286 e. The summed E-state index contributed by atoms with van der Waals surface area (Å²) in [6, 6.07) is 16.3. The minimum absolute atomic E-state index is 0.0986. The zero-order valence-corrected chi connectivity index (χ0v) is 13.6. The molecule has 0 saturated carbocycles. The second-order valence-electron chi connectivity index (χ2n) is 4.71. The summed E-state index contributed by atoms with van der Waals surface area (Å²) >= 11 is 6.42. The van der Waals surface area contributed by atoms with Crippen LogP contribution in [0.5, 0.6) is 5.75 Å². The number of phenolic OH excluding ortho intramolecular Hbond substituents is 1. The number of phenols is 1. The number of carbonyl (C=O) groups excluding carboxylic acids is 1. The van der Waals surface area contributed by atoms with Crippen LogP contribution in [-0.2, 0) is 4.79 Å². The van der Waals surface area contributed by atoms with Gasteiger partial charge in [-0.15, -0.1) is 0 Å². The number of hydrogen-bond acceptors (Lipinski definition) is 5. The molecule has 3 rings (SSSR count). The van der Waals surface area contributed by atoms with Crippen LogP contribution in [-0.4, -0.2) is 26.6 Å². The average Bonchev–Trinajstić information content (AvgIpc) is 2.82. The van der Waals surface area contributed by atoms with Crippen LogP contribution in [0.15, 0.2) is 64.6 Å². The zero-order valence-electron chi connectivity index (χ0n) is 11.9. The van der Waals surface area contributed by atoms with E-state index in [9.17, 15) is 9.90 Å². The van der Waals surface area contributed by atoms with Crippen molar-refractivity contribution in [3.05, 3.63) is 70.6 Å². The summed E-state index contributed by atoms with van der Waals surface area (Å²) in [4.78, 5) is 12.9. The molecule has 1 heterocycles. The van der Waals surface area contributed by atoms with Crippen LogP contribution < -0.4 is 0 Å². The number of amides is 1. The minimum Gasteiger partial charge on any atom is -0.507 e. The number of thioether (sulfide) groups is 1. The third-order valence-electron chi connectivity index (χ3n) is 3.12. The van der Waals surface area contributed by atoms with Gasteiger partial charge in [0.2, 0.25) is 0 Å². The lowest BCUT2D eigenvalue weighted by molar-refractivity contribution is -0.122. The summed E-state index contributed by atoms with van der Waals surface area (Å²) < 4.78 is 0.365. The molecule has 0 spiro atoms. The van der Waals surface area contributed by atoms with Crippen LogP contribution in [0.4, 0.5) is 0 Å². The Kier molecular flexibility index (Phi) is 4.55. The summed E-state index contributed by atoms with van der Waals surface area (Å²) in [5.74, 6) is -0.169. The SMILES string of the molecule is O=C1C(=Cc2ccccc2)SC(=S)N1N=Cc1ccccc1O. The number of para-hydroxylation sites is 1. The number of rotatable bonds is 3. The first kappa shape index (κ1) is 15.5. The van der Waals surface area contributed by atoms with Crippen LogP contribution in [0.1, 0.15) is 11.1 Å². The van der Waals surface area contributed by atoms with E-state index in [1.54, 1.807) is 30.3 Å². The lowest BCUT2D eigenvalue weighted by Gasteiger charge is -2.06. The predicted molar refractivity (Wildman–Crippen MR) is 97.2 cm³/mol. The van der Waals surface area contributed by atoms with Gasteiger partial charge in [0.1, 0.15) is 5.75 Å². The van der Waals surface area contributed by atoms with Gasteiger partial charge in [0, 0.05) is 5.56 Å². The highest BCUT2D eigenvalue weighted by atomic mass is 32.2. The fourth-order valence-corrected chi connectivity index (χ4v) is 3.15. The molecule has 1 aliphatic rings. The van der Waals surface area contributed by atoms with E-state index in [4.69, 9.17) is 12.2 Å². The van der Waals surface area contributed by atoms with Gasteiger partial charge in [-0.2, -0.15) is 10.1 Å². The van der Waals surface area contributed by atoms with Crippen molar-refractivity contribution < 1.29 is 9.90 Å². The molecule has 0 atom stereocenters. The fourth-order valence-electron chi connectivity index (χ4n) is 1.98. The van der Waals surface area contributed by atoms with E-state index >= 15 is 0 Å². The van der Waals surface area contributed by atoms with Gasteiger partial charge in [0.05, 0.1) is 11.1 Å². The molecule has 2 aromatic carbocycles. The number of benzene rings is 2. The van der Waals surface area contributed by atoms with Crippen molar-refractivity contribution >= 4 is 46.5 Å². The maximum absolute atomic E-state index is 12.4. The van der Waals surface area contributed by atoms with Gasteiger partial charge < -0.3 is 5.11 Å². The Morgan fingerprint density at radius 3 is 2.52 bits per heavy atom. The van der Waals surface area contributed by atoms with Crippen LogP contribution in [0.25, 0.3) is 6.08 Å². The van der Waals surface area contributed by atoms with Gasteiger partial charge in [0.15, 0.2) is 4.32 Å². The molecule has 114 valence electrons. The Morgan fingerprint density at radius 1 is 1.09 bits per heavy atom. The Bertz CT molecular complexity index is 816. The molecule has 1 amide bonds. The van der Waals surface area contributed by atoms with E-state index in [0.29, 0.717) is 14.8 Å². The Labute approximate surface area is 143 Å². The average molecular weight is 340 g/mol. The van der Waals surface area contributed by atoms with Crippen molar-refractivity contribution in [3.8, 4) is 5.75 Å². The van der Waals surface area contributed by atoms with Crippen molar-refractivity contribution in [1.82, 2.24) is 5.01 Å². The summed E-state index contributed by atoms with van der Waals surface area (Å²) in [7, 11) is 0. The van der Waals surface area contributed by atoms with Crippen LogP contribution in [0.2, 0.25) is 0 Å². The van der Waals surface area contributed by atoms with Gasteiger partial charge in [-0.1, -0.05) is 54.2 Å². The molecule has 0 radical (unpaired) electrons. The summed E-state index contributed by atoms with van der Waals surface area (Å²) in [6.45, 7) is 0. The maximum atomic E-state index is 12.4. The minimum atomic E-state index is -0.268. The van der Waals surface area contributed by atoms with Gasteiger partial charge in [-0.25, -0.2) is 0 Å². The van der Waals surface area contributed by atoms with Crippen molar-refractivity contribution in [2.75, 3.05) is 0 Å². The molecule has 1 fully saturated rings. The van der Waals surface area contributed by atoms with Crippen LogP contribution in [0, 0.1) is 0 Å². The van der Waals surface area contributed by atoms with Gasteiger partial charge >= 0.3 is 0 Å². The first-order chi connectivity index (χ1) is 11.1. The first-order valence-electron chi connectivity index (χ1n) is 6.80. The molecule has 2 aromatic rings. The molecule has 0 unspecified atom stereocenters. The molecule has 0 aliphatic carbocycles. The Morgan fingerprint density at radius 2 is 1.78 bits per heavy atom. The molecule has 0 aromatic heterocycles. The third-order valence-corrected chi connectivity index (χ3v) is 4.40. The van der Waals surface area contributed by atoms with Crippen LogP contribution >= 0.6 is 24.0 Å².